The first-order valence-corrected chi connectivity index (χ1v) is 6.83. The van der Waals surface area contributed by atoms with Gasteiger partial charge in [0, 0.05) is 0 Å². The predicted octanol–water partition coefficient (Wildman–Crippen LogP) is 5.75. The van der Waals surface area contributed by atoms with Crippen molar-refractivity contribution < 1.29 is 0 Å². The van der Waals surface area contributed by atoms with Crippen LogP contribution in [0.25, 0.3) is 11.1 Å². The fraction of sp³-hybridized carbons (Fsp3) is 0.100. The summed E-state index contributed by atoms with van der Waals surface area (Å²) in [6.45, 7) is 8.42. The molecular weight excluding hydrogens is 240 g/mol. The third-order valence-corrected chi connectivity index (χ3v) is 3.03. The lowest BCUT2D eigenvalue weighted by atomic mass is 9.98. The van der Waals surface area contributed by atoms with Crippen molar-refractivity contribution in [2.24, 2.45) is 0 Å². The van der Waals surface area contributed by atoms with Crippen molar-refractivity contribution >= 4 is 11.1 Å². The van der Waals surface area contributed by atoms with Crippen LogP contribution in [0.5, 0.6) is 0 Å². The minimum Gasteiger partial charge on any atom is -0.0911 e. The zero-order valence-corrected chi connectivity index (χ0v) is 12.1. The van der Waals surface area contributed by atoms with Crippen LogP contribution < -0.4 is 0 Å². The molecule has 0 atom stereocenters. The average Bonchev–Trinajstić information content (AvgIpc) is 2.48. The van der Waals surface area contributed by atoms with Crippen LogP contribution in [0, 0.1) is 0 Å². The Bertz CT molecular complexity index is 624. The average molecular weight is 260 g/mol. The molecule has 0 amide bonds. The molecule has 0 bridgehead atoms. The van der Waals surface area contributed by atoms with Crippen LogP contribution in [0.15, 0.2) is 85.0 Å². The highest BCUT2D eigenvalue weighted by molar-refractivity contribution is 5.86. The molecule has 0 nitrogen and oxygen atoms in total. The maximum Gasteiger partial charge on any atom is -0.0179 e. The molecular formula is C20H20. The van der Waals surface area contributed by atoms with Crippen molar-refractivity contribution in [1.82, 2.24) is 0 Å². The van der Waals surface area contributed by atoms with Gasteiger partial charge >= 0.3 is 0 Å². The topological polar surface area (TPSA) is 0 Å². The van der Waals surface area contributed by atoms with E-state index in [0.29, 0.717) is 0 Å². The lowest BCUT2D eigenvalue weighted by molar-refractivity contribution is 1.39. The Hall–Kier alpha value is -2.34. The molecule has 0 radical (unpaired) electrons. The Kier molecular flexibility index (Phi) is 4.73. The van der Waals surface area contributed by atoms with Crippen LogP contribution in [0.2, 0.25) is 0 Å². The first-order chi connectivity index (χ1) is 9.66. The van der Waals surface area contributed by atoms with E-state index in [1.807, 2.05) is 24.3 Å². The minimum absolute atomic E-state index is 1.03. The third-order valence-electron chi connectivity index (χ3n) is 3.03. The second-order valence-electron chi connectivity index (χ2n) is 5.08. The summed E-state index contributed by atoms with van der Waals surface area (Å²) in [5.74, 6) is 0. The molecule has 0 aliphatic carbocycles. The summed E-state index contributed by atoms with van der Waals surface area (Å²) >= 11 is 0. The normalized spacial score (nSPS) is 11.0. The molecule has 0 saturated carbocycles. The SMILES string of the molecule is C=C(/C=C(\C=C(C)C)c1ccccc1)c1ccccc1. The van der Waals surface area contributed by atoms with Gasteiger partial charge in [-0.1, -0.05) is 78.9 Å². The van der Waals surface area contributed by atoms with Crippen LogP contribution in [0.1, 0.15) is 25.0 Å². The van der Waals surface area contributed by atoms with Gasteiger partial charge in [-0.25, -0.2) is 0 Å². The van der Waals surface area contributed by atoms with E-state index in [4.69, 9.17) is 0 Å². The summed E-state index contributed by atoms with van der Waals surface area (Å²) in [7, 11) is 0. The van der Waals surface area contributed by atoms with E-state index in [0.717, 1.165) is 11.1 Å². The molecule has 0 unspecified atom stereocenters. The molecule has 0 heteroatoms. The minimum atomic E-state index is 1.03. The summed E-state index contributed by atoms with van der Waals surface area (Å²) in [6.07, 6.45) is 4.35. The quantitative estimate of drug-likeness (QED) is 0.614. The molecule has 0 aromatic heterocycles. The fourth-order valence-corrected chi connectivity index (χ4v) is 2.07. The molecule has 0 aliphatic rings. The van der Waals surface area contributed by atoms with Gasteiger partial charge in [-0.2, -0.15) is 0 Å². The lowest BCUT2D eigenvalue weighted by Crippen LogP contribution is -1.84. The van der Waals surface area contributed by atoms with E-state index in [1.54, 1.807) is 0 Å². The van der Waals surface area contributed by atoms with Crippen LogP contribution >= 0.6 is 0 Å². The molecule has 0 aliphatic heterocycles. The van der Waals surface area contributed by atoms with Crippen molar-refractivity contribution in [1.29, 1.82) is 0 Å². The van der Waals surface area contributed by atoms with Crippen molar-refractivity contribution in [3.63, 3.8) is 0 Å². The van der Waals surface area contributed by atoms with Crippen molar-refractivity contribution in [3.8, 4) is 0 Å². The molecule has 0 saturated heterocycles. The van der Waals surface area contributed by atoms with Crippen LogP contribution in [-0.4, -0.2) is 0 Å². The largest absolute Gasteiger partial charge is 0.0911 e. The molecule has 0 spiro atoms. The Morgan fingerprint density at radius 3 is 1.75 bits per heavy atom. The Balaban J connectivity index is 2.40. The highest BCUT2D eigenvalue weighted by atomic mass is 14.1. The molecule has 20 heavy (non-hydrogen) atoms. The first kappa shape index (κ1) is 14.1. The van der Waals surface area contributed by atoms with Gasteiger partial charge in [-0.05, 0) is 42.2 Å². The molecule has 2 aromatic rings. The number of benzene rings is 2. The second kappa shape index (κ2) is 6.72. The highest BCUT2D eigenvalue weighted by Gasteiger charge is 2.01. The van der Waals surface area contributed by atoms with Gasteiger partial charge in [-0.15, -0.1) is 0 Å². The summed E-state index contributed by atoms with van der Waals surface area (Å²) in [5, 5.41) is 0. The van der Waals surface area contributed by atoms with Gasteiger partial charge in [-0.3, -0.25) is 0 Å². The van der Waals surface area contributed by atoms with Gasteiger partial charge in [0.25, 0.3) is 0 Å². The van der Waals surface area contributed by atoms with Gasteiger partial charge in [0.15, 0.2) is 0 Å². The number of hydrogen-bond donors (Lipinski definition) is 0. The smallest absolute Gasteiger partial charge is 0.0179 e. The van der Waals surface area contributed by atoms with E-state index in [1.165, 1.54) is 16.7 Å². The standard InChI is InChI=1S/C20H20/c1-16(2)14-20(19-12-8-5-9-13-19)15-17(3)18-10-6-4-7-11-18/h4-15H,3H2,1-2H3/b20-15+. The van der Waals surface area contributed by atoms with Gasteiger partial charge < -0.3 is 0 Å². The summed E-state index contributed by atoms with van der Waals surface area (Å²) in [4.78, 5) is 0. The Morgan fingerprint density at radius 2 is 1.25 bits per heavy atom. The molecule has 2 aromatic carbocycles. The maximum absolute atomic E-state index is 4.19. The molecule has 2 rings (SSSR count). The van der Waals surface area contributed by atoms with E-state index in [9.17, 15) is 0 Å². The number of rotatable bonds is 4. The fourth-order valence-electron chi connectivity index (χ4n) is 2.07. The van der Waals surface area contributed by atoms with Crippen LogP contribution in [0.4, 0.5) is 0 Å². The lowest BCUT2D eigenvalue weighted by Gasteiger charge is -2.06. The number of allylic oxidation sites excluding steroid dienone is 5. The van der Waals surface area contributed by atoms with Crippen molar-refractivity contribution in [2.45, 2.75) is 13.8 Å². The van der Waals surface area contributed by atoms with E-state index < -0.39 is 0 Å². The maximum atomic E-state index is 4.19. The van der Waals surface area contributed by atoms with Crippen LogP contribution in [-0.2, 0) is 0 Å². The van der Waals surface area contributed by atoms with E-state index >= 15 is 0 Å². The van der Waals surface area contributed by atoms with Gasteiger partial charge in [0.2, 0.25) is 0 Å². The van der Waals surface area contributed by atoms with Crippen molar-refractivity contribution in [2.75, 3.05) is 0 Å². The van der Waals surface area contributed by atoms with Crippen molar-refractivity contribution in [3.05, 3.63) is 96.1 Å². The predicted molar refractivity (Wildman–Crippen MR) is 89.3 cm³/mol. The second-order valence-corrected chi connectivity index (χ2v) is 5.08. The van der Waals surface area contributed by atoms with E-state index in [-0.39, 0.29) is 0 Å². The zero-order chi connectivity index (χ0) is 14.4. The van der Waals surface area contributed by atoms with E-state index in [2.05, 4.69) is 69.0 Å². The summed E-state index contributed by atoms with van der Waals surface area (Å²) in [5.41, 5.74) is 5.87. The van der Waals surface area contributed by atoms with Gasteiger partial charge in [0.05, 0.1) is 0 Å². The monoisotopic (exact) mass is 260 g/mol. The van der Waals surface area contributed by atoms with Gasteiger partial charge in [0.1, 0.15) is 0 Å². The van der Waals surface area contributed by atoms with Crippen LogP contribution in [0.3, 0.4) is 0 Å². The Labute approximate surface area is 121 Å². The number of hydrogen-bond acceptors (Lipinski definition) is 0. The summed E-state index contributed by atoms with van der Waals surface area (Å²) in [6, 6.07) is 20.7. The molecule has 100 valence electrons. The first-order valence-electron chi connectivity index (χ1n) is 6.83. The highest BCUT2D eigenvalue weighted by Crippen LogP contribution is 2.23. The third kappa shape index (κ3) is 3.83. The summed E-state index contributed by atoms with van der Waals surface area (Å²) < 4.78 is 0. The molecule has 0 fully saturated rings. The molecule has 0 heterocycles. The molecule has 0 N–H and O–H groups in total. The zero-order valence-electron chi connectivity index (χ0n) is 12.1. The Morgan fingerprint density at radius 1 is 0.750 bits per heavy atom.